The number of para-hydroxylation sites is 1. The summed E-state index contributed by atoms with van der Waals surface area (Å²) in [7, 11) is 0. The maximum atomic E-state index is 12.9. The molecule has 0 bridgehead atoms. The third kappa shape index (κ3) is 4.23. The van der Waals surface area contributed by atoms with Gasteiger partial charge in [-0.1, -0.05) is 53.2 Å². The number of nitrogens with one attached hydrogen (secondary N) is 1. The van der Waals surface area contributed by atoms with E-state index in [1.54, 1.807) is 11.0 Å². The molecule has 144 valence electrons. The van der Waals surface area contributed by atoms with Crippen LogP contribution in [0.4, 0.5) is 11.4 Å². The van der Waals surface area contributed by atoms with Crippen molar-refractivity contribution in [2.24, 2.45) is 4.99 Å². The van der Waals surface area contributed by atoms with Gasteiger partial charge in [0.25, 0.3) is 0 Å². The van der Waals surface area contributed by atoms with E-state index in [-0.39, 0.29) is 24.3 Å². The van der Waals surface area contributed by atoms with Gasteiger partial charge in [0.2, 0.25) is 11.8 Å². The van der Waals surface area contributed by atoms with Gasteiger partial charge in [-0.3, -0.25) is 14.5 Å². The fourth-order valence-corrected chi connectivity index (χ4v) is 4.41. The SMILES string of the molecule is Cc1ccc(NC(=O)C[C@@H]2SC(=Nc3ccccc3Cl)N(C3CC3)C2=O)cc1. The third-order valence-corrected chi connectivity index (χ3v) is 6.12. The van der Waals surface area contributed by atoms with E-state index >= 15 is 0 Å². The Balaban J connectivity index is 1.49. The number of aliphatic imine (C=N–C) groups is 1. The number of benzene rings is 2. The maximum Gasteiger partial charge on any atom is 0.242 e. The first-order chi connectivity index (χ1) is 13.5. The van der Waals surface area contributed by atoms with Crippen molar-refractivity contribution in [3.8, 4) is 0 Å². The van der Waals surface area contributed by atoms with Gasteiger partial charge in [-0.25, -0.2) is 4.99 Å². The predicted octanol–water partition coefficient (Wildman–Crippen LogP) is 4.77. The van der Waals surface area contributed by atoms with Crippen molar-refractivity contribution >= 4 is 51.7 Å². The average molecular weight is 414 g/mol. The number of carbonyl (C=O) groups excluding carboxylic acids is 2. The Morgan fingerprint density at radius 3 is 2.61 bits per heavy atom. The monoisotopic (exact) mass is 413 g/mol. The number of thioether (sulfide) groups is 1. The minimum Gasteiger partial charge on any atom is -0.326 e. The van der Waals surface area contributed by atoms with Crippen LogP contribution in [-0.4, -0.2) is 33.2 Å². The summed E-state index contributed by atoms with van der Waals surface area (Å²) in [6, 6.07) is 15.1. The first-order valence-corrected chi connectivity index (χ1v) is 10.5. The molecule has 0 radical (unpaired) electrons. The first kappa shape index (κ1) is 19.0. The molecule has 1 aliphatic heterocycles. The molecule has 2 aromatic carbocycles. The summed E-state index contributed by atoms with van der Waals surface area (Å²) in [4.78, 5) is 31.7. The Hall–Kier alpha value is -2.31. The summed E-state index contributed by atoms with van der Waals surface area (Å²) in [6.45, 7) is 1.99. The largest absolute Gasteiger partial charge is 0.326 e. The van der Waals surface area contributed by atoms with E-state index < -0.39 is 5.25 Å². The van der Waals surface area contributed by atoms with Gasteiger partial charge in [0, 0.05) is 18.2 Å². The van der Waals surface area contributed by atoms with Crippen LogP contribution in [0.15, 0.2) is 53.5 Å². The topological polar surface area (TPSA) is 61.8 Å². The van der Waals surface area contributed by atoms with Gasteiger partial charge in [-0.05, 0) is 44.0 Å². The molecule has 2 fully saturated rings. The number of rotatable bonds is 5. The van der Waals surface area contributed by atoms with Crippen LogP contribution in [0.3, 0.4) is 0 Å². The highest BCUT2D eigenvalue weighted by molar-refractivity contribution is 8.15. The standard InChI is InChI=1S/C21H20ClN3O2S/c1-13-6-8-14(9-7-13)23-19(26)12-18-20(27)25(15-10-11-15)21(28-18)24-17-5-3-2-4-16(17)22/h2-9,15,18H,10-12H2,1H3,(H,23,26)/t18-/m0/s1. The van der Waals surface area contributed by atoms with Crippen molar-refractivity contribution in [1.29, 1.82) is 0 Å². The number of hydrogen-bond donors (Lipinski definition) is 1. The van der Waals surface area contributed by atoms with Gasteiger partial charge in [-0.15, -0.1) is 0 Å². The summed E-state index contributed by atoms with van der Waals surface area (Å²) in [5.41, 5.74) is 2.49. The number of nitrogens with zero attached hydrogens (tertiary/aromatic N) is 2. The Kier molecular flexibility index (Phi) is 5.42. The van der Waals surface area contributed by atoms with Crippen molar-refractivity contribution in [1.82, 2.24) is 4.90 Å². The molecule has 0 unspecified atom stereocenters. The van der Waals surface area contributed by atoms with Gasteiger partial charge in [0.1, 0.15) is 5.25 Å². The Morgan fingerprint density at radius 1 is 1.21 bits per heavy atom. The van der Waals surface area contributed by atoms with Crippen LogP contribution in [0.5, 0.6) is 0 Å². The second-order valence-corrected chi connectivity index (χ2v) is 8.59. The molecule has 2 aliphatic rings. The van der Waals surface area contributed by atoms with E-state index in [9.17, 15) is 9.59 Å². The molecule has 1 aliphatic carbocycles. The molecule has 0 spiro atoms. The molecule has 1 N–H and O–H groups in total. The zero-order valence-electron chi connectivity index (χ0n) is 15.4. The van der Waals surface area contributed by atoms with Gasteiger partial charge in [0.05, 0.1) is 10.7 Å². The van der Waals surface area contributed by atoms with E-state index in [1.807, 2.05) is 49.4 Å². The number of amidine groups is 1. The van der Waals surface area contributed by atoms with Crippen molar-refractivity contribution in [3.63, 3.8) is 0 Å². The average Bonchev–Trinajstić information content (AvgIpc) is 3.45. The van der Waals surface area contributed by atoms with E-state index in [4.69, 9.17) is 11.6 Å². The molecule has 1 saturated heterocycles. The van der Waals surface area contributed by atoms with Crippen LogP contribution in [-0.2, 0) is 9.59 Å². The predicted molar refractivity (Wildman–Crippen MR) is 114 cm³/mol. The summed E-state index contributed by atoms with van der Waals surface area (Å²) in [5.74, 6) is -0.221. The molecule has 4 rings (SSSR count). The Bertz CT molecular complexity index is 941. The van der Waals surface area contributed by atoms with Crippen LogP contribution in [0.2, 0.25) is 5.02 Å². The summed E-state index contributed by atoms with van der Waals surface area (Å²) < 4.78 is 0. The van der Waals surface area contributed by atoms with E-state index in [0.29, 0.717) is 15.9 Å². The lowest BCUT2D eigenvalue weighted by atomic mass is 10.2. The van der Waals surface area contributed by atoms with Crippen LogP contribution in [0, 0.1) is 6.92 Å². The fraction of sp³-hybridized carbons (Fsp3) is 0.286. The van der Waals surface area contributed by atoms with Crippen LogP contribution >= 0.6 is 23.4 Å². The van der Waals surface area contributed by atoms with E-state index in [2.05, 4.69) is 10.3 Å². The van der Waals surface area contributed by atoms with Gasteiger partial charge in [0.15, 0.2) is 5.17 Å². The number of carbonyl (C=O) groups is 2. The number of amides is 2. The third-order valence-electron chi connectivity index (χ3n) is 4.65. The normalized spacial score (nSPS) is 20.6. The molecule has 0 aromatic heterocycles. The molecule has 1 saturated carbocycles. The second-order valence-electron chi connectivity index (χ2n) is 7.01. The minimum absolute atomic E-state index is 0.0441. The summed E-state index contributed by atoms with van der Waals surface area (Å²) in [6.07, 6.45) is 2.05. The zero-order chi connectivity index (χ0) is 19.7. The highest BCUT2D eigenvalue weighted by Crippen LogP contribution is 2.40. The maximum absolute atomic E-state index is 12.9. The van der Waals surface area contributed by atoms with E-state index in [1.165, 1.54) is 11.8 Å². The summed E-state index contributed by atoms with van der Waals surface area (Å²) >= 11 is 7.57. The van der Waals surface area contributed by atoms with Crippen molar-refractivity contribution in [3.05, 3.63) is 59.1 Å². The van der Waals surface area contributed by atoms with Gasteiger partial charge >= 0.3 is 0 Å². The molecule has 2 amide bonds. The Labute approximate surface area is 173 Å². The number of halogens is 1. The molecule has 5 nitrogen and oxygen atoms in total. The highest BCUT2D eigenvalue weighted by Gasteiger charge is 2.46. The molecular weight excluding hydrogens is 394 g/mol. The van der Waals surface area contributed by atoms with Crippen molar-refractivity contribution < 1.29 is 9.59 Å². The quantitative estimate of drug-likeness (QED) is 0.767. The van der Waals surface area contributed by atoms with Gasteiger partial charge in [-0.2, -0.15) is 0 Å². The molecule has 28 heavy (non-hydrogen) atoms. The lowest BCUT2D eigenvalue weighted by Crippen LogP contribution is -2.35. The fourth-order valence-electron chi connectivity index (χ4n) is 3.02. The van der Waals surface area contributed by atoms with Gasteiger partial charge < -0.3 is 5.32 Å². The molecule has 2 aromatic rings. The van der Waals surface area contributed by atoms with E-state index in [0.717, 1.165) is 24.1 Å². The lowest BCUT2D eigenvalue weighted by Gasteiger charge is -2.15. The number of anilines is 1. The molecular formula is C21H20ClN3O2S. The summed E-state index contributed by atoms with van der Waals surface area (Å²) in [5, 5.41) is 3.57. The smallest absolute Gasteiger partial charge is 0.242 e. The van der Waals surface area contributed by atoms with Crippen LogP contribution in [0.1, 0.15) is 24.8 Å². The number of hydrogen-bond acceptors (Lipinski definition) is 4. The minimum atomic E-state index is -0.465. The van der Waals surface area contributed by atoms with Crippen LogP contribution < -0.4 is 5.32 Å². The highest BCUT2D eigenvalue weighted by atomic mass is 35.5. The zero-order valence-corrected chi connectivity index (χ0v) is 17.0. The molecule has 1 atom stereocenters. The lowest BCUT2D eigenvalue weighted by molar-refractivity contribution is -0.128. The molecule has 7 heteroatoms. The number of aryl methyl sites for hydroxylation is 1. The van der Waals surface area contributed by atoms with Crippen LogP contribution in [0.25, 0.3) is 0 Å². The molecule has 1 heterocycles. The first-order valence-electron chi connectivity index (χ1n) is 9.21. The van der Waals surface area contributed by atoms with Crippen molar-refractivity contribution in [2.75, 3.05) is 5.32 Å². The Morgan fingerprint density at radius 2 is 1.93 bits per heavy atom. The van der Waals surface area contributed by atoms with Crippen molar-refractivity contribution in [2.45, 2.75) is 37.5 Å². The second kappa shape index (κ2) is 7.97.